The topological polar surface area (TPSA) is 37.3 Å². The van der Waals surface area contributed by atoms with E-state index in [1.807, 2.05) is 36.4 Å². The molecule has 0 unspecified atom stereocenters. The van der Waals surface area contributed by atoms with Crippen LogP contribution in [0.15, 0.2) is 54.6 Å². The summed E-state index contributed by atoms with van der Waals surface area (Å²) in [7, 11) is 0. The Hall–Kier alpha value is -2.35. The minimum absolute atomic E-state index is 0.0163. The third kappa shape index (κ3) is 2.86. The molecule has 0 aromatic heterocycles. The zero-order valence-corrected chi connectivity index (χ0v) is 10.1. The molecular weight excluding hydrogens is 224 g/mol. The second-order valence-corrected chi connectivity index (χ2v) is 4.08. The maximum atomic E-state index is 11.0. The van der Waals surface area contributed by atoms with Crippen molar-refractivity contribution in [2.45, 2.75) is 6.92 Å². The molecule has 0 bridgehead atoms. The van der Waals surface area contributed by atoms with Crippen LogP contribution in [0, 0.1) is 0 Å². The molecule has 1 N–H and O–H groups in total. The fourth-order valence-corrected chi connectivity index (χ4v) is 1.78. The Morgan fingerprint density at radius 1 is 1.11 bits per heavy atom. The predicted molar refractivity (Wildman–Crippen MR) is 73.3 cm³/mol. The normalized spacial score (nSPS) is 10.7. The van der Waals surface area contributed by atoms with Crippen LogP contribution in [-0.4, -0.2) is 10.9 Å². The summed E-state index contributed by atoms with van der Waals surface area (Å²) >= 11 is 0. The first-order valence-electron chi connectivity index (χ1n) is 5.74. The first-order valence-corrected chi connectivity index (χ1v) is 5.74. The van der Waals surface area contributed by atoms with Crippen LogP contribution in [0.4, 0.5) is 0 Å². The number of phenolic OH excluding ortho intramolecular Hbond substituents is 1. The van der Waals surface area contributed by atoms with Crippen LogP contribution in [-0.2, 0) is 4.79 Å². The van der Waals surface area contributed by atoms with Gasteiger partial charge in [-0.2, -0.15) is 0 Å². The van der Waals surface area contributed by atoms with Gasteiger partial charge in [-0.05, 0) is 41.8 Å². The summed E-state index contributed by atoms with van der Waals surface area (Å²) in [6.07, 6.45) is 3.23. The van der Waals surface area contributed by atoms with E-state index in [9.17, 15) is 9.90 Å². The van der Waals surface area contributed by atoms with Crippen molar-refractivity contribution in [1.82, 2.24) is 0 Å². The smallest absolute Gasteiger partial charge is 0.152 e. The molecule has 0 saturated heterocycles. The Morgan fingerprint density at radius 3 is 2.50 bits per heavy atom. The highest BCUT2D eigenvalue weighted by Gasteiger charge is 2.03. The molecule has 2 aromatic rings. The maximum absolute atomic E-state index is 11.0. The fraction of sp³-hybridized carbons (Fsp3) is 0.0625. The zero-order chi connectivity index (χ0) is 13.0. The van der Waals surface area contributed by atoms with E-state index < -0.39 is 0 Å². The highest BCUT2D eigenvalue weighted by molar-refractivity contribution is 5.93. The molecule has 0 heterocycles. The number of allylic oxidation sites excluding steroid dienone is 1. The predicted octanol–water partition coefficient (Wildman–Crippen LogP) is 3.66. The average molecular weight is 238 g/mol. The number of rotatable bonds is 3. The number of carbonyl (C=O) groups excluding carboxylic acids is 1. The molecular formula is C16H14O2. The number of phenols is 1. The third-order valence-electron chi connectivity index (χ3n) is 2.62. The van der Waals surface area contributed by atoms with Gasteiger partial charge in [0.15, 0.2) is 5.78 Å². The van der Waals surface area contributed by atoms with Gasteiger partial charge in [0.2, 0.25) is 0 Å². The monoisotopic (exact) mass is 238 g/mol. The first kappa shape index (κ1) is 12.1. The second kappa shape index (κ2) is 5.32. The van der Waals surface area contributed by atoms with Gasteiger partial charge in [0.1, 0.15) is 5.75 Å². The second-order valence-electron chi connectivity index (χ2n) is 4.08. The van der Waals surface area contributed by atoms with Crippen LogP contribution in [0.1, 0.15) is 12.5 Å². The van der Waals surface area contributed by atoms with Crippen molar-refractivity contribution < 1.29 is 9.90 Å². The molecule has 0 aliphatic carbocycles. The van der Waals surface area contributed by atoms with E-state index in [-0.39, 0.29) is 11.5 Å². The lowest BCUT2D eigenvalue weighted by molar-refractivity contribution is -0.112. The van der Waals surface area contributed by atoms with E-state index >= 15 is 0 Å². The molecule has 18 heavy (non-hydrogen) atoms. The number of benzene rings is 2. The van der Waals surface area contributed by atoms with Crippen LogP contribution in [0.2, 0.25) is 0 Å². The molecule has 0 fully saturated rings. The minimum atomic E-state index is -0.0163. The van der Waals surface area contributed by atoms with Gasteiger partial charge in [-0.3, -0.25) is 4.79 Å². The molecule has 2 heteroatoms. The standard InChI is InChI=1S/C16H14O2/c1-12(17)7-8-14-11-15(18)9-10-16(14)13-5-3-2-4-6-13/h2-11,18H,1H3/b8-7+. The fourth-order valence-electron chi connectivity index (χ4n) is 1.78. The van der Waals surface area contributed by atoms with Crippen molar-refractivity contribution in [3.05, 3.63) is 60.2 Å². The van der Waals surface area contributed by atoms with Gasteiger partial charge >= 0.3 is 0 Å². The number of carbonyl (C=O) groups is 1. The highest BCUT2D eigenvalue weighted by Crippen LogP contribution is 2.27. The van der Waals surface area contributed by atoms with Crippen LogP contribution in [0.5, 0.6) is 5.75 Å². The van der Waals surface area contributed by atoms with Gasteiger partial charge in [0.25, 0.3) is 0 Å². The van der Waals surface area contributed by atoms with E-state index in [0.29, 0.717) is 0 Å². The summed E-state index contributed by atoms with van der Waals surface area (Å²) < 4.78 is 0. The van der Waals surface area contributed by atoms with Gasteiger partial charge in [-0.25, -0.2) is 0 Å². The SMILES string of the molecule is CC(=O)/C=C/c1cc(O)ccc1-c1ccccc1. The van der Waals surface area contributed by atoms with Crippen molar-refractivity contribution in [2.24, 2.45) is 0 Å². The maximum Gasteiger partial charge on any atom is 0.152 e. The van der Waals surface area contributed by atoms with Gasteiger partial charge in [-0.1, -0.05) is 42.5 Å². The van der Waals surface area contributed by atoms with Crippen molar-refractivity contribution >= 4 is 11.9 Å². The lowest BCUT2D eigenvalue weighted by atomic mass is 9.99. The summed E-state index contributed by atoms with van der Waals surface area (Å²) in [5.41, 5.74) is 2.88. The van der Waals surface area contributed by atoms with E-state index in [2.05, 4.69) is 0 Å². The van der Waals surface area contributed by atoms with E-state index in [1.54, 1.807) is 18.2 Å². The summed E-state index contributed by atoms with van der Waals surface area (Å²) in [5, 5.41) is 9.53. The molecule has 0 atom stereocenters. The van der Waals surface area contributed by atoms with Gasteiger partial charge in [-0.15, -0.1) is 0 Å². The molecule has 0 saturated carbocycles. The van der Waals surface area contributed by atoms with Crippen molar-refractivity contribution in [2.75, 3.05) is 0 Å². The molecule has 2 nitrogen and oxygen atoms in total. The lowest BCUT2D eigenvalue weighted by Crippen LogP contribution is -1.85. The molecule has 2 rings (SSSR count). The van der Waals surface area contributed by atoms with Gasteiger partial charge in [0.05, 0.1) is 0 Å². The Kier molecular flexibility index (Phi) is 3.58. The van der Waals surface area contributed by atoms with E-state index in [0.717, 1.165) is 16.7 Å². The zero-order valence-electron chi connectivity index (χ0n) is 10.1. The number of ketones is 1. The summed E-state index contributed by atoms with van der Waals surface area (Å²) in [4.78, 5) is 11.0. The van der Waals surface area contributed by atoms with Crippen LogP contribution < -0.4 is 0 Å². The van der Waals surface area contributed by atoms with Gasteiger partial charge in [0, 0.05) is 0 Å². The summed E-state index contributed by atoms with van der Waals surface area (Å²) in [6.45, 7) is 1.50. The Balaban J connectivity index is 2.50. The molecule has 0 amide bonds. The molecule has 90 valence electrons. The molecule has 2 aromatic carbocycles. The van der Waals surface area contributed by atoms with Crippen molar-refractivity contribution in [3.8, 4) is 16.9 Å². The molecule has 0 spiro atoms. The summed E-state index contributed by atoms with van der Waals surface area (Å²) in [6, 6.07) is 15.0. The van der Waals surface area contributed by atoms with E-state index in [1.165, 1.54) is 13.0 Å². The number of hydrogen-bond acceptors (Lipinski definition) is 2. The number of aromatic hydroxyl groups is 1. The number of hydrogen-bond donors (Lipinski definition) is 1. The van der Waals surface area contributed by atoms with Crippen LogP contribution in [0.25, 0.3) is 17.2 Å². The highest BCUT2D eigenvalue weighted by atomic mass is 16.3. The average Bonchev–Trinajstić information content (AvgIpc) is 2.37. The van der Waals surface area contributed by atoms with Crippen molar-refractivity contribution in [3.63, 3.8) is 0 Å². The molecule has 0 radical (unpaired) electrons. The van der Waals surface area contributed by atoms with Crippen molar-refractivity contribution in [1.29, 1.82) is 0 Å². The van der Waals surface area contributed by atoms with Crippen LogP contribution >= 0.6 is 0 Å². The lowest BCUT2D eigenvalue weighted by Gasteiger charge is -2.07. The molecule has 0 aliphatic rings. The minimum Gasteiger partial charge on any atom is -0.508 e. The Bertz CT molecular complexity index is 583. The Labute approximate surface area is 106 Å². The largest absolute Gasteiger partial charge is 0.508 e. The Morgan fingerprint density at radius 2 is 1.83 bits per heavy atom. The molecule has 0 aliphatic heterocycles. The van der Waals surface area contributed by atoms with E-state index in [4.69, 9.17) is 0 Å². The quantitative estimate of drug-likeness (QED) is 0.828. The van der Waals surface area contributed by atoms with Crippen LogP contribution in [0.3, 0.4) is 0 Å². The summed E-state index contributed by atoms with van der Waals surface area (Å²) in [5.74, 6) is 0.176. The first-order chi connectivity index (χ1) is 8.66. The third-order valence-corrected chi connectivity index (χ3v) is 2.62. The van der Waals surface area contributed by atoms with Gasteiger partial charge < -0.3 is 5.11 Å².